The van der Waals surface area contributed by atoms with E-state index in [0.717, 1.165) is 23.3 Å². The van der Waals surface area contributed by atoms with Gasteiger partial charge in [0.15, 0.2) is 0 Å². The highest BCUT2D eigenvalue weighted by Gasteiger charge is 2.15. The zero-order chi connectivity index (χ0) is 22.1. The molecule has 0 bridgehead atoms. The molecule has 1 unspecified atom stereocenters. The van der Waals surface area contributed by atoms with E-state index in [4.69, 9.17) is 12.6 Å². The molecule has 0 saturated heterocycles. The van der Waals surface area contributed by atoms with Gasteiger partial charge in [0.25, 0.3) is 0 Å². The molecule has 0 saturated carbocycles. The second-order valence-electron chi connectivity index (χ2n) is 7.51. The van der Waals surface area contributed by atoms with Gasteiger partial charge in [0.2, 0.25) is 0 Å². The van der Waals surface area contributed by atoms with Crippen LogP contribution in [0.4, 0.5) is 0 Å². The quantitative estimate of drug-likeness (QED) is 0.239. The van der Waals surface area contributed by atoms with Gasteiger partial charge in [0.1, 0.15) is 5.76 Å². The topological polar surface area (TPSA) is 20.2 Å². The lowest BCUT2D eigenvalue weighted by Gasteiger charge is -2.19. The third kappa shape index (κ3) is 6.97. The van der Waals surface area contributed by atoms with E-state index in [-0.39, 0.29) is 5.76 Å². The number of hydrogen-bond donors (Lipinski definition) is 2. The Morgan fingerprint density at radius 1 is 1.17 bits per heavy atom. The summed E-state index contributed by atoms with van der Waals surface area (Å²) in [6.07, 6.45) is 11.8. The average Bonchev–Trinajstić information content (AvgIpc) is 2.67. The summed E-state index contributed by atoms with van der Waals surface area (Å²) in [5.41, 5.74) is 7.79. The first-order valence-electron chi connectivity index (χ1n) is 10.2. The smallest absolute Gasteiger partial charge is 0.115 e. The van der Waals surface area contributed by atoms with Crippen molar-refractivity contribution in [3.8, 4) is 0 Å². The van der Waals surface area contributed by atoms with Gasteiger partial charge in [-0.15, -0.1) is 12.6 Å². The van der Waals surface area contributed by atoms with Gasteiger partial charge in [-0.1, -0.05) is 69.5 Å². The summed E-state index contributed by atoms with van der Waals surface area (Å²) in [6, 6.07) is 4.57. The molecule has 1 aromatic rings. The standard InChI is InChI=1S/C27H36OS/c1-9-12-13-27(29)21(7)16-24-14-18(4)19(5)17-26(24)23(10-2)15-20(6)25(11-3)22(8)28/h9,11-15,17,21,28-29H,6,8,10,16H2,1-5,7H3/b12-9-,23-15+,25-11+,27-13-. The van der Waals surface area contributed by atoms with E-state index in [9.17, 15) is 5.11 Å². The van der Waals surface area contributed by atoms with Crippen LogP contribution in [0.2, 0.25) is 0 Å². The van der Waals surface area contributed by atoms with E-state index in [0.29, 0.717) is 11.5 Å². The molecule has 1 atom stereocenters. The molecule has 1 aromatic carbocycles. The summed E-state index contributed by atoms with van der Waals surface area (Å²) in [6.45, 7) is 20.4. The lowest BCUT2D eigenvalue weighted by atomic mass is 9.87. The Bertz CT molecular complexity index is 878. The first-order valence-corrected chi connectivity index (χ1v) is 10.7. The minimum absolute atomic E-state index is 0.0481. The molecule has 0 heterocycles. The number of rotatable bonds is 9. The minimum atomic E-state index is 0.0481. The van der Waals surface area contributed by atoms with Crippen molar-refractivity contribution >= 4 is 18.2 Å². The second-order valence-corrected chi connectivity index (χ2v) is 8.03. The minimum Gasteiger partial charge on any atom is -0.508 e. The van der Waals surface area contributed by atoms with Crippen LogP contribution >= 0.6 is 12.6 Å². The molecule has 0 spiro atoms. The third-order valence-electron chi connectivity index (χ3n) is 5.23. The van der Waals surface area contributed by atoms with Gasteiger partial charge in [0.05, 0.1) is 0 Å². The van der Waals surface area contributed by atoms with Crippen LogP contribution in [0.3, 0.4) is 0 Å². The molecule has 1 N–H and O–H groups in total. The zero-order valence-corrected chi connectivity index (χ0v) is 19.7. The van der Waals surface area contributed by atoms with Crippen LogP contribution in [-0.2, 0) is 6.42 Å². The molecule has 0 aliphatic heterocycles. The molecular formula is C27H36OS. The van der Waals surface area contributed by atoms with Gasteiger partial charge in [-0.25, -0.2) is 0 Å². The van der Waals surface area contributed by atoms with Crippen molar-refractivity contribution in [3.05, 3.63) is 99.7 Å². The molecule has 0 aliphatic rings. The van der Waals surface area contributed by atoms with Crippen molar-refractivity contribution in [2.75, 3.05) is 0 Å². The Labute approximate surface area is 183 Å². The molecule has 0 amide bonds. The maximum atomic E-state index is 9.85. The predicted octanol–water partition coefficient (Wildman–Crippen LogP) is 8.24. The zero-order valence-electron chi connectivity index (χ0n) is 18.8. The molecule has 29 heavy (non-hydrogen) atoms. The van der Waals surface area contributed by atoms with Crippen molar-refractivity contribution < 1.29 is 5.11 Å². The van der Waals surface area contributed by atoms with Crippen LogP contribution in [0.25, 0.3) is 5.57 Å². The average molecular weight is 409 g/mol. The maximum absolute atomic E-state index is 9.85. The summed E-state index contributed by atoms with van der Waals surface area (Å²) >= 11 is 4.70. The number of aryl methyl sites for hydroxylation is 2. The summed E-state index contributed by atoms with van der Waals surface area (Å²) < 4.78 is 0. The monoisotopic (exact) mass is 408 g/mol. The summed E-state index contributed by atoms with van der Waals surface area (Å²) in [5, 5.41) is 9.85. The fourth-order valence-corrected chi connectivity index (χ4v) is 3.51. The van der Waals surface area contributed by atoms with E-state index in [1.165, 1.54) is 27.8 Å². The lowest BCUT2D eigenvalue weighted by Crippen LogP contribution is -2.05. The summed E-state index contributed by atoms with van der Waals surface area (Å²) in [7, 11) is 0. The van der Waals surface area contributed by atoms with Crippen molar-refractivity contribution in [2.45, 2.75) is 54.4 Å². The predicted molar refractivity (Wildman–Crippen MR) is 134 cm³/mol. The van der Waals surface area contributed by atoms with Crippen LogP contribution in [0.15, 0.2) is 77.5 Å². The number of thiol groups is 1. The van der Waals surface area contributed by atoms with E-state index in [1.54, 1.807) is 0 Å². The molecule has 0 aliphatic carbocycles. The van der Waals surface area contributed by atoms with Gasteiger partial charge in [-0.05, 0) is 84.8 Å². The molecule has 1 rings (SSSR count). The molecule has 0 radical (unpaired) electrons. The Morgan fingerprint density at radius 2 is 1.79 bits per heavy atom. The summed E-state index contributed by atoms with van der Waals surface area (Å²) in [4.78, 5) is 1.08. The normalized spacial score (nSPS) is 14.4. The van der Waals surface area contributed by atoms with Crippen molar-refractivity contribution in [1.29, 1.82) is 0 Å². The fourth-order valence-electron chi connectivity index (χ4n) is 3.33. The van der Waals surface area contributed by atoms with E-state index in [1.807, 2.05) is 32.1 Å². The van der Waals surface area contributed by atoms with E-state index < -0.39 is 0 Å². The van der Waals surface area contributed by atoms with Crippen LogP contribution in [-0.4, -0.2) is 5.11 Å². The Balaban J connectivity index is 3.45. The number of allylic oxidation sites excluding steroid dienone is 8. The molecule has 1 nitrogen and oxygen atoms in total. The number of aliphatic hydroxyl groups is 1. The Morgan fingerprint density at radius 3 is 2.31 bits per heavy atom. The van der Waals surface area contributed by atoms with Crippen LogP contribution in [0.1, 0.15) is 56.4 Å². The first kappa shape index (κ1) is 24.8. The second kappa shape index (κ2) is 11.7. The lowest BCUT2D eigenvalue weighted by molar-refractivity contribution is 0.428. The molecule has 0 fully saturated rings. The van der Waals surface area contributed by atoms with Gasteiger partial charge in [-0.3, -0.25) is 0 Å². The number of aliphatic hydroxyl groups excluding tert-OH is 1. The Kier molecular flexibility index (Phi) is 10.0. The molecular weight excluding hydrogens is 372 g/mol. The molecule has 0 aromatic heterocycles. The van der Waals surface area contributed by atoms with Crippen molar-refractivity contribution in [1.82, 2.24) is 0 Å². The third-order valence-corrected chi connectivity index (χ3v) is 5.82. The van der Waals surface area contributed by atoms with Crippen molar-refractivity contribution in [3.63, 3.8) is 0 Å². The number of benzene rings is 1. The highest BCUT2D eigenvalue weighted by molar-refractivity contribution is 7.84. The summed E-state index contributed by atoms with van der Waals surface area (Å²) in [5.74, 6) is 0.368. The first-order chi connectivity index (χ1) is 13.7. The van der Waals surface area contributed by atoms with Gasteiger partial charge in [-0.2, -0.15) is 0 Å². The van der Waals surface area contributed by atoms with Crippen LogP contribution in [0.5, 0.6) is 0 Å². The van der Waals surface area contributed by atoms with Gasteiger partial charge in [0, 0.05) is 5.57 Å². The maximum Gasteiger partial charge on any atom is 0.115 e. The highest BCUT2D eigenvalue weighted by atomic mass is 32.1. The van der Waals surface area contributed by atoms with Gasteiger partial charge >= 0.3 is 0 Å². The van der Waals surface area contributed by atoms with Crippen molar-refractivity contribution in [2.24, 2.45) is 5.92 Å². The van der Waals surface area contributed by atoms with Crippen LogP contribution in [0, 0.1) is 19.8 Å². The van der Waals surface area contributed by atoms with Crippen LogP contribution < -0.4 is 0 Å². The number of hydrogen-bond acceptors (Lipinski definition) is 2. The molecule has 2 heteroatoms. The highest BCUT2D eigenvalue weighted by Crippen LogP contribution is 2.31. The fraction of sp³-hybridized carbons (Fsp3) is 0.333. The van der Waals surface area contributed by atoms with E-state index in [2.05, 4.69) is 65.1 Å². The Hall–Kier alpha value is -2.19. The van der Waals surface area contributed by atoms with Gasteiger partial charge < -0.3 is 5.11 Å². The largest absolute Gasteiger partial charge is 0.508 e. The SMILES string of the molecule is C=C(O)/C(=C/C)C(=C)/C=C(\CC)c1cc(C)c(C)cc1CC(C)/C(S)=C/C=C\C. The van der Waals surface area contributed by atoms with E-state index >= 15 is 0 Å². The molecule has 156 valence electrons.